The standard InChI is InChI=1S/C20H24N4O5/c21-11-20(29)5-7-23(8-6-20)10-12-1-2-13-14(9-12)19(28)24(18(13)27)15-3-4-16(25)22-17(15)26/h1-2,9,15,29H,3-8,10-11,21H2,(H,22,25,26). The number of fused-ring (bicyclic) bond motifs is 1. The number of carbonyl (C=O) groups is 4. The number of nitrogens with one attached hydrogen (secondary N) is 1. The Bertz CT molecular complexity index is 891. The molecule has 29 heavy (non-hydrogen) atoms. The van der Waals surface area contributed by atoms with Gasteiger partial charge in [-0.05, 0) is 37.0 Å². The zero-order valence-corrected chi connectivity index (χ0v) is 16.0. The van der Waals surface area contributed by atoms with Gasteiger partial charge >= 0.3 is 0 Å². The van der Waals surface area contributed by atoms with E-state index in [1.807, 2.05) is 6.07 Å². The molecular formula is C20H24N4O5. The van der Waals surface area contributed by atoms with E-state index in [-0.39, 0.29) is 30.5 Å². The number of nitrogens with zero attached hydrogens (tertiary/aromatic N) is 2. The Hall–Kier alpha value is -2.62. The summed E-state index contributed by atoms with van der Waals surface area (Å²) < 4.78 is 0. The average molecular weight is 400 g/mol. The molecule has 9 nitrogen and oxygen atoms in total. The molecule has 1 atom stereocenters. The van der Waals surface area contributed by atoms with Crippen LogP contribution < -0.4 is 11.1 Å². The van der Waals surface area contributed by atoms with Crippen LogP contribution in [-0.2, 0) is 16.1 Å². The van der Waals surface area contributed by atoms with Crippen molar-refractivity contribution in [1.82, 2.24) is 15.1 Å². The van der Waals surface area contributed by atoms with Crippen molar-refractivity contribution in [2.24, 2.45) is 5.73 Å². The number of nitrogens with two attached hydrogens (primary N) is 1. The van der Waals surface area contributed by atoms with E-state index in [2.05, 4.69) is 10.2 Å². The molecule has 2 saturated heterocycles. The van der Waals surface area contributed by atoms with Gasteiger partial charge < -0.3 is 10.8 Å². The minimum Gasteiger partial charge on any atom is -0.388 e. The number of carbonyl (C=O) groups excluding carboxylic acids is 4. The van der Waals surface area contributed by atoms with Crippen LogP contribution in [0.3, 0.4) is 0 Å². The van der Waals surface area contributed by atoms with Crippen molar-refractivity contribution in [2.75, 3.05) is 19.6 Å². The first-order chi connectivity index (χ1) is 13.8. The van der Waals surface area contributed by atoms with Crippen LogP contribution in [0.2, 0.25) is 0 Å². The van der Waals surface area contributed by atoms with Crippen LogP contribution in [0.25, 0.3) is 0 Å². The minimum absolute atomic E-state index is 0.0964. The summed E-state index contributed by atoms with van der Waals surface area (Å²) >= 11 is 0. The fraction of sp³-hybridized carbons (Fsp3) is 0.500. The smallest absolute Gasteiger partial charge is 0.262 e. The molecule has 1 aromatic rings. The number of rotatable bonds is 4. The Labute approximate surface area is 167 Å². The Morgan fingerprint density at radius 2 is 1.79 bits per heavy atom. The Morgan fingerprint density at radius 1 is 1.10 bits per heavy atom. The molecule has 154 valence electrons. The van der Waals surface area contributed by atoms with Crippen LogP contribution in [0.15, 0.2) is 18.2 Å². The topological polar surface area (TPSA) is 133 Å². The van der Waals surface area contributed by atoms with E-state index in [9.17, 15) is 24.3 Å². The van der Waals surface area contributed by atoms with Gasteiger partial charge in [0.15, 0.2) is 0 Å². The summed E-state index contributed by atoms with van der Waals surface area (Å²) in [5.41, 5.74) is 6.27. The van der Waals surface area contributed by atoms with Crippen molar-refractivity contribution in [3.8, 4) is 0 Å². The quantitative estimate of drug-likeness (QED) is 0.573. The minimum atomic E-state index is -0.959. The number of imide groups is 2. The fourth-order valence-corrected chi connectivity index (χ4v) is 4.21. The number of amides is 4. The van der Waals surface area contributed by atoms with E-state index in [1.165, 1.54) is 0 Å². The van der Waals surface area contributed by atoms with E-state index in [1.54, 1.807) is 12.1 Å². The maximum atomic E-state index is 12.9. The Balaban J connectivity index is 1.49. The lowest BCUT2D eigenvalue weighted by molar-refractivity contribution is -0.136. The number of piperidine rings is 2. The summed E-state index contributed by atoms with van der Waals surface area (Å²) in [5, 5.41) is 12.4. The third-order valence-electron chi connectivity index (χ3n) is 6.08. The Kier molecular flexibility index (Phi) is 4.97. The molecule has 9 heteroatoms. The predicted octanol–water partition coefficient (Wildman–Crippen LogP) is -0.627. The van der Waals surface area contributed by atoms with E-state index in [0.29, 0.717) is 32.5 Å². The zero-order valence-electron chi connectivity index (χ0n) is 16.0. The second-order valence-corrected chi connectivity index (χ2v) is 8.03. The zero-order chi connectivity index (χ0) is 20.8. The van der Waals surface area contributed by atoms with Crippen molar-refractivity contribution in [3.05, 3.63) is 34.9 Å². The number of benzene rings is 1. The third-order valence-corrected chi connectivity index (χ3v) is 6.08. The van der Waals surface area contributed by atoms with Gasteiger partial charge in [-0.3, -0.25) is 34.3 Å². The lowest BCUT2D eigenvalue weighted by Gasteiger charge is -2.37. The normalized spacial score (nSPS) is 24.6. The van der Waals surface area contributed by atoms with Gasteiger partial charge in [0.1, 0.15) is 6.04 Å². The van der Waals surface area contributed by atoms with Crippen LogP contribution in [-0.4, -0.2) is 69.8 Å². The number of likely N-dealkylation sites (tertiary alicyclic amines) is 1. The molecule has 0 aromatic heterocycles. The fourth-order valence-electron chi connectivity index (χ4n) is 4.21. The molecule has 0 saturated carbocycles. The molecule has 1 aromatic carbocycles. The summed E-state index contributed by atoms with van der Waals surface area (Å²) in [7, 11) is 0. The lowest BCUT2D eigenvalue weighted by atomic mass is 9.91. The van der Waals surface area contributed by atoms with E-state index < -0.39 is 35.3 Å². The predicted molar refractivity (Wildman–Crippen MR) is 102 cm³/mol. The second-order valence-electron chi connectivity index (χ2n) is 8.03. The molecule has 3 heterocycles. The van der Waals surface area contributed by atoms with Crippen LogP contribution in [0, 0.1) is 0 Å². The van der Waals surface area contributed by atoms with Crippen molar-refractivity contribution in [2.45, 2.75) is 43.9 Å². The molecule has 0 bridgehead atoms. The molecule has 3 aliphatic rings. The summed E-state index contributed by atoms with van der Waals surface area (Å²) in [4.78, 5) is 52.2. The first-order valence-electron chi connectivity index (χ1n) is 9.81. The molecule has 3 aliphatic heterocycles. The molecular weight excluding hydrogens is 376 g/mol. The molecule has 4 amide bonds. The van der Waals surface area contributed by atoms with Crippen molar-refractivity contribution in [3.63, 3.8) is 0 Å². The lowest BCUT2D eigenvalue weighted by Crippen LogP contribution is -2.54. The van der Waals surface area contributed by atoms with Gasteiger partial charge in [0.05, 0.1) is 16.7 Å². The molecule has 0 aliphatic carbocycles. The highest BCUT2D eigenvalue weighted by Crippen LogP contribution is 2.29. The molecule has 4 N–H and O–H groups in total. The molecule has 0 radical (unpaired) electrons. The van der Waals surface area contributed by atoms with Gasteiger partial charge in [-0.25, -0.2) is 0 Å². The first kappa shape index (κ1) is 19.7. The monoisotopic (exact) mass is 400 g/mol. The maximum absolute atomic E-state index is 12.9. The summed E-state index contributed by atoms with van der Waals surface area (Å²) in [5.74, 6) is -2.01. The second kappa shape index (κ2) is 7.33. The van der Waals surface area contributed by atoms with Crippen LogP contribution in [0.4, 0.5) is 0 Å². The van der Waals surface area contributed by atoms with Crippen LogP contribution >= 0.6 is 0 Å². The number of hydrogen-bond donors (Lipinski definition) is 3. The Morgan fingerprint density at radius 3 is 2.45 bits per heavy atom. The number of hydrogen-bond acceptors (Lipinski definition) is 7. The number of aliphatic hydroxyl groups is 1. The van der Waals surface area contributed by atoms with Gasteiger partial charge in [0, 0.05) is 32.6 Å². The van der Waals surface area contributed by atoms with Gasteiger partial charge in [0.25, 0.3) is 11.8 Å². The van der Waals surface area contributed by atoms with E-state index >= 15 is 0 Å². The van der Waals surface area contributed by atoms with Gasteiger partial charge in [0.2, 0.25) is 11.8 Å². The van der Waals surface area contributed by atoms with Gasteiger partial charge in [-0.1, -0.05) is 6.07 Å². The van der Waals surface area contributed by atoms with Crippen molar-refractivity contribution >= 4 is 23.6 Å². The van der Waals surface area contributed by atoms with E-state index in [4.69, 9.17) is 5.73 Å². The molecule has 2 fully saturated rings. The summed E-state index contributed by atoms with van der Waals surface area (Å²) in [6.07, 6.45) is 1.42. The average Bonchev–Trinajstić information content (AvgIpc) is 2.94. The van der Waals surface area contributed by atoms with Gasteiger partial charge in [-0.15, -0.1) is 0 Å². The van der Waals surface area contributed by atoms with Crippen molar-refractivity contribution < 1.29 is 24.3 Å². The highest BCUT2D eigenvalue weighted by atomic mass is 16.3. The highest BCUT2D eigenvalue weighted by Gasteiger charge is 2.44. The largest absolute Gasteiger partial charge is 0.388 e. The molecule has 1 unspecified atom stereocenters. The third kappa shape index (κ3) is 3.57. The van der Waals surface area contributed by atoms with Crippen molar-refractivity contribution in [1.29, 1.82) is 0 Å². The summed E-state index contributed by atoms with van der Waals surface area (Å²) in [6.45, 7) is 2.22. The first-order valence-corrected chi connectivity index (χ1v) is 9.81. The van der Waals surface area contributed by atoms with E-state index in [0.717, 1.165) is 10.5 Å². The molecule has 4 rings (SSSR count). The summed E-state index contributed by atoms with van der Waals surface area (Å²) in [6, 6.07) is 4.17. The van der Waals surface area contributed by atoms with Crippen LogP contribution in [0.1, 0.15) is 52.0 Å². The van der Waals surface area contributed by atoms with Gasteiger partial charge in [-0.2, -0.15) is 0 Å². The SMILES string of the molecule is NCC1(O)CCN(Cc2ccc3c(c2)C(=O)N(C2CCC(=O)NC2=O)C3=O)CC1. The maximum Gasteiger partial charge on any atom is 0.262 e. The highest BCUT2D eigenvalue weighted by molar-refractivity contribution is 6.23. The van der Waals surface area contributed by atoms with Crippen LogP contribution in [0.5, 0.6) is 0 Å². The molecule has 0 spiro atoms.